The molecule has 1 fully saturated rings. The molecule has 5 N–H and O–H groups in total. The average Bonchev–Trinajstić information content (AvgIpc) is 2.56. The van der Waals surface area contributed by atoms with E-state index in [0.717, 1.165) is 44.8 Å². The van der Waals surface area contributed by atoms with E-state index in [9.17, 15) is 0 Å². The van der Waals surface area contributed by atoms with Crippen LogP contribution in [0, 0.1) is 0 Å². The van der Waals surface area contributed by atoms with E-state index >= 15 is 0 Å². The van der Waals surface area contributed by atoms with Gasteiger partial charge in [-0.3, -0.25) is 9.88 Å². The van der Waals surface area contributed by atoms with Gasteiger partial charge in [0.25, 0.3) is 0 Å². The van der Waals surface area contributed by atoms with E-state index in [1.807, 2.05) is 24.4 Å². The quantitative estimate of drug-likeness (QED) is 0.682. The van der Waals surface area contributed by atoms with Crippen LogP contribution in [0.4, 0.5) is 0 Å². The Balaban J connectivity index is 0.00000225. The van der Waals surface area contributed by atoms with Crippen molar-refractivity contribution in [2.75, 3.05) is 13.1 Å². The van der Waals surface area contributed by atoms with Crippen molar-refractivity contribution in [3.8, 4) is 0 Å². The normalized spacial score (nSPS) is 20.9. The van der Waals surface area contributed by atoms with Gasteiger partial charge in [0.05, 0.1) is 5.69 Å². The summed E-state index contributed by atoms with van der Waals surface area (Å²) >= 11 is 0. The predicted molar refractivity (Wildman–Crippen MR) is 107 cm³/mol. The predicted octanol–water partition coefficient (Wildman–Crippen LogP) is 1.81. The molecule has 25 heavy (non-hydrogen) atoms. The van der Waals surface area contributed by atoms with Gasteiger partial charge in [-0.25, -0.2) is 0 Å². The number of hydrogen-bond donors (Lipinski definition) is 3. The van der Waals surface area contributed by atoms with E-state index in [1.54, 1.807) is 0 Å². The number of halogens is 1. The Bertz CT molecular complexity index is 609. The highest BCUT2D eigenvalue weighted by Crippen LogP contribution is 2.13. The molecule has 0 bridgehead atoms. The fourth-order valence-electron chi connectivity index (χ4n) is 3.26. The van der Waals surface area contributed by atoms with Crippen molar-refractivity contribution in [1.29, 1.82) is 0 Å². The molecule has 6 heteroatoms. The van der Waals surface area contributed by atoms with E-state index in [0.29, 0.717) is 0 Å². The van der Waals surface area contributed by atoms with Crippen LogP contribution in [0.15, 0.2) is 48.7 Å². The first-order chi connectivity index (χ1) is 11.7. The zero-order valence-corrected chi connectivity index (χ0v) is 16.2. The van der Waals surface area contributed by atoms with Crippen molar-refractivity contribution in [1.82, 2.24) is 15.2 Å². The van der Waals surface area contributed by atoms with Gasteiger partial charge in [0.1, 0.15) is 0 Å². The number of nitrogens with zero attached hydrogens (tertiary/aromatic N) is 2. The Morgan fingerprint density at radius 2 is 1.64 bits per heavy atom. The molecule has 0 aliphatic carbocycles. The van der Waals surface area contributed by atoms with E-state index in [1.165, 1.54) is 11.1 Å². The zero-order chi connectivity index (χ0) is 16.8. The van der Waals surface area contributed by atoms with Gasteiger partial charge in [0, 0.05) is 51.0 Å². The number of piperidine rings is 1. The molecular weight excluding hydrogens is 378 g/mol. The van der Waals surface area contributed by atoms with Gasteiger partial charge in [-0.1, -0.05) is 30.3 Å². The summed E-state index contributed by atoms with van der Waals surface area (Å²) in [7, 11) is 0. The van der Waals surface area contributed by atoms with Crippen molar-refractivity contribution >= 4 is 17.0 Å². The molecule has 0 amide bonds. The molecule has 1 saturated heterocycles. The first kappa shape index (κ1) is 20.0. The molecule has 1 aliphatic rings. The Morgan fingerprint density at radius 1 is 0.960 bits per heavy atom. The van der Waals surface area contributed by atoms with Crippen LogP contribution in [0.25, 0.3) is 0 Å². The second-order valence-corrected chi connectivity index (χ2v) is 6.69. The molecular formula is C19H28BrN5. The van der Waals surface area contributed by atoms with Crippen molar-refractivity contribution in [2.24, 2.45) is 11.5 Å². The number of hydrogen-bond acceptors (Lipinski definition) is 5. The number of rotatable bonds is 6. The van der Waals surface area contributed by atoms with Crippen LogP contribution in [-0.2, 0) is 19.6 Å². The van der Waals surface area contributed by atoms with E-state index in [2.05, 4.69) is 39.5 Å². The van der Waals surface area contributed by atoms with E-state index in [4.69, 9.17) is 11.5 Å². The summed E-state index contributed by atoms with van der Waals surface area (Å²) < 4.78 is 0. The lowest BCUT2D eigenvalue weighted by molar-refractivity contribution is 0.183. The maximum Gasteiger partial charge on any atom is 0.0541 e. The maximum absolute atomic E-state index is 6.06. The molecule has 2 aromatic rings. The van der Waals surface area contributed by atoms with Crippen LogP contribution in [0.2, 0.25) is 0 Å². The van der Waals surface area contributed by atoms with Crippen LogP contribution in [0.5, 0.6) is 0 Å². The van der Waals surface area contributed by atoms with Crippen LogP contribution in [0.3, 0.4) is 0 Å². The molecule has 2 atom stereocenters. The SMILES string of the molecule is Br.NC1CC(N)CN(Cc2ccc(CNCc3ccccn3)cc2)C1. The molecule has 0 spiro atoms. The second-order valence-electron chi connectivity index (χ2n) is 6.69. The minimum absolute atomic E-state index is 0. The molecule has 1 aromatic carbocycles. The van der Waals surface area contributed by atoms with Gasteiger partial charge in [-0.05, 0) is 29.7 Å². The Morgan fingerprint density at radius 3 is 2.28 bits per heavy atom. The van der Waals surface area contributed by atoms with Gasteiger partial charge < -0.3 is 16.8 Å². The van der Waals surface area contributed by atoms with Crippen molar-refractivity contribution in [3.05, 3.63) is 65.5 Å². The maximum atomic E-state index is 6.06. The number of aromatic nitrogens is 1. The third kappa shape index (κ3) is 6.49. The average molecular weight is 406 g/mol. The summed E-state index contributed by atoms with van der Waals surface area (Å²) in [6.07, 6.45) is 2.75. The molecule has 3 rings (SSSR count). The van der Waals surface area contributed by atoms with Crippen LogP contribution in [-0.4, -0.2) is 35.1 Å². The summed E-state index contributed by atoms with van der Waals surface area (Å²) in [5.74, 6) is 0. The molecule has 2 unspecified atom stereocenters. The number of nitrogens with one attached hydrogen (secondary N) is 1. The fraction of sp³-hybridized carbons (Fsp3) is 0.421. The highest BCUT2D eigenvalue weighted by Gasteiger charge is 2.22. The van der Waals surface area contributed by atoms with E-state index < -0.39 is 0 Å². The zero-order valence-electron chi connectivity index (χ0n) is 14.5. The van der Waals surface area contributed by atoms with Crippen molar-refractivity contribution in [2.45, 2.75) is 38.1 Å². The van der Waals surface area contributed by atoms with Crippen molar-refractivity contribution < 1.29 is 0 Å². The summed E-state index contributed by atoms with van der Waals surface area (Å²) in [5, 5.41) is 3.42. The third-order valence-electron chi connectivity index (χ3n) is 4.38. The van der Waals surface area contributed by atoms with Crippen LogP contribution >= 0.6 is 17.0 Å². The standard InChI is InChI=1S/C19H27N5.BrH/c20-17-9-18(21)14-24(13-17)12-16-6-4-15(5-7-16)10-22-11-19-3-1-2-8-23-19;/h1-8,17-18,22H,9-14,20-21H2;1H. The molecule has 5 nitrogen and oxygen atoms in total. The van der Waals surface area contributed by atoms with Crippen LogP contribution in [0.1, 0.15) is 23.2 Å². The van der Waals surface area contributed by atoms with Gasteiger partial charge in [0.2, 0.25) is 0 Å². The highest BCUT2D eigenvalue weighted by atomic mass is 79.9. The molecule has 0 saturated carbocycles. The lowest BCUT2D eigenvalue weighted by Crippen LogP contribution is -2.51. The van der Waals surface area contributed by atoms with Gasteiger partial charge in [-0.2, -0.15) is 0 Å². The Labute approximate surface area is 160 Å². The van der Waals surface area contributed by atoms with E-state index in [-0.39, 0.29) is 29.1 Å². The minimum Gasteiger partial charge on any atom is -0.326 e. The molecule has 1 aliphatic heterocycles. The van der Waals surface area contributed by atoms with Gasteiger partial charge in [0.15, 0.2) is 0 Å². The Hall–Kier alpha value is -1.31. The highest BCUT2D eigenvalue weighted by molar-refractivity contribution is 8.93. The number of likely N-dealkylation sites (tertiary alicyclic amines) is 1. The van der Waals surface area contributed by atoms with Crippen LogP contribution < -0.4 is 16.8 Å². The largest absolute Gasteiger partial charge is 0.326 e. The third-order valence-corrected chi connectivity index (χ3v) is 4.38. The Kier molecular flexibility index (Phi) is 7.99. The summed E-state index contributed by atoms with van der Waals surface area (Å²) in [4.78, 5) is 6.67. The van der Waals surface area contributed by atoms with Gasteiger partial charge in [-0.15, -0.1) is 17.0 Å². The lowest BCUT2D eigenvalue weighted by atomic mass is 10.0. The first-order valence-electron chi connectivity index (χ1n) is 8.61. The first-order valence-corrected chi connectivity index (χ1v) is 8.61. The summed E-state index contributed by atoms with van der Waals surface area (Å²) in [5.41, 5.74) is 15.8. The smallest absolute Gasteiger partial charge is 0.0541 e. The minimum atomic E-state index is 0. The monoisotopic (exact) mass is 405 g/mol. The molecule has 2 heterocycles. The molecule has 0 radical (unpaired) electrons. The molecule has 136 valence electrons. The number of benzene rings is 1. The fourth-order valence-corrected chi connectivity index (χ4v) is 3.26. The number of pyridine rings is 1. The lowest BCUT2D eigenvalue weighted by Gasteiger charge is -2.34. The van der Waals surface area contributed by atoms with Gasteiger partial charge >= 0.3 is 0 Å². The topological polar surface area (TPSA) is 80.2 Å². The molecule has 1 aromatic heterocycles. The second kappa shape index (κ2) is 9.99. The van der Waals surface area contributed by atoms with Crippen molar-refractivity contribution in [3.63, 3.8) is 0 Å². The number of nitrogens with two attached hydrogens (primary N) is 2. The summed E-state index contributed by atoms with van der Waals surface area (Å²) in [6.45, 7) is 4.41. The summed E-state index contributed by atoms with van der Waals surface area (Å²) in [6, 6.07) is 15.1.